The molecule has 0 aliphatic heterocycles. The number of amides is 1. The van der Waals surface area contributed by atoms with Crippen molar-refractivity contribution >= 4 is 48.8 Å². The number of aromatic amines is 1. The summed E-state index contributed by atoms with van der Waals surface area (Å²) < 4.78 is 66.6. The van der Waals surface area contributed by atoms with E-state index < -0.39 is 44.5 Å². The molecular formula is C28H33N5O9S2. The predicted molar refractivity (Wildman–Crippen MR) is 161 cm³/mol. The van der Waals surface area contributed by atoms with Gasteiger partial charge in [-0.05, 0) is 43.0 Å². The molecule has 16 heteroatoms. The molecule has 14 nitrogen and oxygen atoms in total. The van der Waals surface area contributed by atoms with Gasteiger partial charge in [0.2, 0.25) is 26.0 Å². The minimum atomic E-state index is -4.38. The van der Waals surface area contributed by atoms with Crippen molar-refractivity contribution in [3.8, 4) is 0 Å². The van der Waals surface area contributed by atoms with Crippen LogP contribution in [-0.2, 0) is 31.2 Å². The average Bonchev–Trinajstić information content (AvgIpc) is 3.73. The summed E-state index contributed by atoms with van der Waals surface area (Å²) in [5.41, 5.74) is 1.42. The van der Waals surface area contributed by atoms with Crippen molar-refractivity contribution in [2.45, 2.75) is 61.5 Å². The van der Waals surface area contributed by atoms with Crippen molar-refractivity contribution in [1.29, 1.82) is 0 Å². The van der Waals surface area contributed by atoms with E-state index in [-0.39, 0.29) is 34.6 Å². The lowest BCUT2D eigenvalue weighted by atomic mass is 9.98. The standard InChI is InChI=1S/C28H33N5O9S2/c1-43(37,38)32-27-29-22-12-11-21(16-23(22)30-27)44(39,40)31-26(42-20-9-5-6-10-20)25(34)24(15-18-7-3-2-4-8-18)33(28(35)36)19-13-14-41-17-19/h2-4,7-8,11-14,16-17,20,24-26,31,34H,5-6,9-10,15H2,1H3,(H,35,36)(H2,29,30,32)/t24-,25+,26?/m0/s1. The van der Waals surface area contributed by atoms with Gasteiger partial charge in [-0.2, -0.15) is 4.72 Å². The first kappa shape index (κ1) is 31.5. The number of aromatic nitrogens is 2. The van der Waals surface area contributed by atoms with Crippen molar-refractivity contribution in [2.24, 2.45) is 0 Å². The number of furan rings is 1. The number of carbonyl (C=O) groups is 1. The molecule has 1 unspecified atom stereocenters. The monoisotopic (exact) mass is 647 g/mol. The molecule has 0 bridgehead atoms. The Balaban J connectivity index is 1.49. The van der Waals surface area contributed by atoms with Gasteiger partial charge in [0, 0.05) is 6.07 Å². The first-order valence-electron chi connectivity index (χ1n) is 13.8. The van der Waals surface area contributed by atoms with Gasteiger partial charge in [-0.3, -0.25) is 9.62 Å². The van der Waals surface area contributed by atoms with Crippen LogP contribution in [0.2, 0.25) is 0 Å². The zero-order chi connectivity index (χ0) is 31.5. The molecule has 1 aliphatic carbocycles. The maximum Gasteiger partial charge on any atom is 0.412 e. The van der Waals surface area contributed by atoms with Crippen LogP contribution in [-0.4, -0.2) is 73.8 Å². The third kappa shape index (κ3) is 7.57. The van der Waals surface area contributed by atoms with E-state index in [4.69, 9.17) is 9.15 Å². The Morgan fingerprint density at radius 3 is 2.50 bits per heavy atom. The molecule has 4 aromatic rings. The third-order valence-corrected chi connectivity index (χ3v) is 9.25. The molecule has 2 aromatic heterocycles. The molecule has 1 saturated carbocycles. The quantitative estimate of drug-likeness (QED) is 0.134. The number of carboxylic acid groups (broad SMARTS) is 1. The number of ether oxygens (including phenoxy) is 1. The number of imidazole rings is 1. The number of fused-ring (bicyclic) bond motifs is 1. The third-order valence-electron chi connectivity index (χ3n) is 7.27. The van der Waals surface area contributed by atoms with Crippen LogP contribution < -0.4 is 14.3 Å². The Bertz CT molecular complexity index is 1790. The van der Waals surface area contributed by atoms with Crippen LogP contribution in [0.25, 0.3) is 11.0 Å². The number of H-pyrrole nitrogens is 1. The summed E-state index contributed by atoms with van der Waals surface area (Å²) in [6.07, 6.45) is 1.60. The van der Waals surface area contributed by atoms with E-state index in [1.54, 1.807) is 30.3 Å². The Morgan fingerprint density at radius 2 is 1.86 bits per heavy atom. The molecule has 1 aliphatic rings. The molecule has 44 heavy (non-hydrogen) atoms. The highest BCUT2D eigenvalue weighted by atomic mass is 32.2. The lowest BCUT2D eigenvalue weighted by Crippen LogP contribution is -2.58. The van der Waals surface area contributed by atoms with Crippen molar-refractivity contribution in [3.63, 3.8) is 0 Å². The summed E-state index contributed by atoms with van der Waals surface area (Å²) in [6, 6.07) is 13.1. The van der Waals surface area contributed by atoms with Gasteiger partial charge in [0.25, 0.3) is 0 Å². The molecule has 5 rings (SSSR count). The fraction of sp³-hybridized carbons (Fsp3) is 0.357. The van der Waals surface area contributed by atoms with E-state index in [1.165, 1.54) is 36.8 Å². The van der Waals surface area contributed by atoms with Crippen molar-refractivity contribution in [1.82, 2.24) is 14.7 Å². The predicted octanol–water partition coefficient (Wildman–Crippen LogP) is 3.25. The van der Waals surface area contributed by atoms with Gasteiger partial charge in [0.05, 0.1) is 46.3 Å². The van der Waals surface area contributed by atoms with E-state index in [0.29, 0.717) is 23.9 Å². The Kier molecular flexibility index (Phi) is 9.26. The number of benzene rings is 2. The van der Waals surface area contributed by atoms with E-state index in [0.717, 1.165) is 24.0 Å². The van der Waals surface area contributed by atoms with Crippen LogP contribution in [0.1, 0.15) is 31.2 Å². The summed E-state index contributed by atoms with van der Waals surface area (Å²) in [4.78, 5) is 20.1. The zero-order valence-electron chi connectivity index (χ0n) is 23.7. The van der Waals surface area contributed by atoms with Gasteiger partial charge in [-0.15, -0.1) is 0 Å². The largest absolute Gasteiger partial charge is 0.470 e. The fourth-order valence-corrected chi connectivity index (χ4v) is 6.88. The SMILES string of the molecule is CS(=O)(=O)Nc1nc2ccc(S(=O)(=O)NC(OC3CCCC3)[C@H](O)[C@H](Cc3ccccc3)N(C(=O)O)c3ccoc3)cc2[nH]1. The molecular weight excluding hydrogens is 614 g/mol. The van der Waals surface area contributed by atoms with Crippen LogP contribution in [0, 0.1) is 0 Å². The lowest BCUT2D eigenvalue weighted by molar-refractivity contribution is -0.0870. The number of sulfonamides is 2. The summed E-state index contributed by atoms with van der Waals surface area (Å²) >= 11 is 0. The average molecular weight is 648 g/mol. The minimum Gasteiger partial charge on any atom is -0.470 e. The highest BCUT2D eigenvalue weighted by molar-refractivity contribution is 7.92. The number of hydrogen-bond acceptors (Lipinski definition) is 9. The number of anilines is 2. The number of rotatable bonds is 13. The first-order valence-corrected chi connectivity index (χ1v) is 17.2. The Morgan fingerprint density at radius 1 is 1.14 bits per heavy atom. The van der Waals surface area contributed by atoms with Crippen LogP contribution >= 0.6 is 0 Å². The van der Waals surface area contributed by atoms with Crippen LogP contribution in [0.4, 0.5) is 16.4 Å². The number of hydrogen-bond donors (Lipinski definition) is 5. The maximum absolute atomic E-state index is 13.7. The van der Waals surface area contributed by atoms with E-state index >= 15 is 0 Å². The minimum absolute atomic E-state index is 0.0297. The van der Waals surface area contributed by atoms with E-state index in [1.807, 2.05) is 0 Å². The van der Waals surface area contributed by atoms with Gasteiger partial charge >= 0.3 is 6.09 Å². The van der Waals surface area contributed by atoms with E-state index in [9.17, 15) is 31.8 Å². The topological polar surface area (TPSA) is 204 Å². The second-order valence-electron chi connectivity index (χ2n) is 10.6. The molecule has 0 radical (unpaired) electrons. The van der Waals surface area contributed by atoms with Crippen molar-refractivity contribution in [2.75, 3.05) is 15.9 Å². The zero-order valence-corrected chi connectivity index (χ0v) is 25.3. The summed E-state index contributed by atoms with van der Waals surface area (Å²) in [7, 11) is -8.01. The highest BCUT2D eigenvalue weighted by Crippen LogP contribution is 2.28. The lowest BCUT2D eigenvalue weighted by Gasteiger charge is -2.37. The van der Waals surface area contributed by atoms with Gasteiger partial charge < -0.3 is 24.4 Å². The van der Waals surface area contributed by atoms with Gasteiger partial charge in [-0.25, -0.2) is 26.6 Å². The van der Waals surface area contributed by atoms with Gasteiger partial charge in [0.15, 0.2) is 0 Å². The van der Waals surface area contributed by atoms with Crippen LogP contribution in [0.5, 0.6) is 0 Å². The molecule has 2 heterocycles. The molecule has 1 fully saturated rings. The number of nitrogens with one attached hydrogen (secondary N) is 3. The highest BCUT2D eigenvalue weighted by Gasteiger charge is 2.40. The van der Waals surface area contributed by atoms with Crippen LogP contribution in [0.15, 0.2) is 76.4 Å². The molecule has 3 atom stereocenters. The first-order chi connectivity index (χ1) is 20.9. The normalized spacial score (nSPS) is 16.5. The van der Waals surface area contributed by atoms with Crippen molar-refractivity contribution < 1.29 is 41.0 Å². The van der Waals surface area contributed by atoms with Gasteiger partial charge in [0.1, 0.15) is 18.6 Å². The summed E-state index contributed by atoms with van der Waals surface area (Å²) in [5, 5.41) is 22.1. The smallest absolute Gasteiger partial charge is 0.412 e. The molecule has 0 saturated heterocycles. The molecule has 1 amide bonds. The molecule has 2 aromatic carbocycles. The Hall–Kier alpha value is -3.96. The molecule has 5 N–H and O–H groups in total. The molecule has 236 valence electrons. The number of aliphatic hydroxyl groups is 1. The van der Waals surface area contributed by atoms with E-state index in [2.05, 4.69) is 19.4 Å². The second kappa shape index (κ2) is 13.0. The second-order valence-corrected chi connectivity index (χ2v) is 14.1. The molecule has 0 spiro atoms. The maximum atomic E-state index is 13.7. The van der Waals surface area contributed by atoms with Crippen molar-refractivity contribution in [3.05, 3.63) is 72.7 Å². The number of aliphatic hydroxyl groups excluding tert-OH is 1. The van der Waals surface area contributed by atoms with Crippen LogP contribution in [0.3, 0.4) is 0 Å². The number of nitrogens with zero attached hydrogens (tertiary/aromatic N) is 2. The van der Waals surface area contributed by atoms with Gasteiger partial charge in [-0.1, -0.05) is 43.2 Å². The fourth-order valence-electron chi connectivity index (χ4n) is 5.27. The summed E-state index contributed by atoms with van der Waals surface area (Å²) in [5.74, 6) is -0.0837. The Labute approximate surface area is 254 Å². The summed E-state index contributed by atoms with van der Waals surface area (Å²) in [6.45, 7) is 0.